The molecule has 118 valence electrons. The van der Waals surface area contributed by atoms with E-state index in [1.165, 1.54) is 0 Å². The summed E-state index contributed by atoms with van der Waals surface area (Å²) in [6.45, 7) is 2.70. The molecule has 1 aliphatic rings. The zero-order valence-corrected chi connectivity index (χ0v) is 12.9. The molecule has 0 radical (unpaired) electrons. The van der Waals surface area contributed by atoms with Gasteiger partial charge in [-0.2, -0.15) is 0 Å². The largest absolute Gasteiger partial charge is 0.391 e. The number of carbonyl (C=O) groups is 1. The summed E-state index contributed by atoms with van der Waals surface area (Å²) in [7, 11) is 0. The number of hydrogen-bond donors (Lipinski definition) is 2. The molecule has 0 spiro atoms. The van der Waals surface area contributed by atoms with Crippen molar-refractivity contribution in [3.8, 4) is 12.3 Å². The Hall–Kier alpha value is -1.83. The van der Waals surface area contributed by atoms with E-state index >= 15 is 0 Å². The summed E-state index contributed by atoms with van der Waals surface area (Å²) in [5, 5.41) is 12.9. The van der Waals surface area contributed by atoms with Crippen molar-refractivity contribution < 1.29 is 9.90 Å². The van der Waals surface area contributed by atoms with Gasteiger partial charge in [0.05, 0.1) is 12.6 Å². The highest BCUT2D eigenvalue weighted by Crippen LogP contribution is 2.16. The van der Waals surface area contributed by atoms with Gasteiger partial charge >= 0.3 is 0 Å². The van der Waals surface area contributed by atoms with Gasteiger partial charge in [0.15, 0.2) is 0 Å². The molecule has 0 aromatic heterocycles. The summed E-state index contributed by atoms with van der Waals surface area (Å²) in [5.41, 5.74) is 1.08. The summed E-state index contributed by atoms with van der Waals surface area (Å²) < 4.78 is 0. The van der Waals surface area contributed by atoms with Crippen molar-refractivity contribution in [2.24, 2.45) is 5.92 Å². The number of amides is 1. The Kier molecular flexibility index (Phi) is 6.45. The Morgan fingerprint density at radius 2 is 2.05 bits per heavy atom. The second-order valence-electron chi connectivity index (χ2n) is 5.84. The molecule has 1 aromatic carbocycles. The number of piperidine rings is 1. The standard InChI is InChI=1S/C18H24N2O2/c1-2-10-20-11-8-16(9-12-20)18(22)19-14-17(21)13-15-6-4-3-5-7-15/h1,3-7,16-17,21H,8-14H2,(H,19,22). The maximum atomic E-state index is 12.1. The normalized spacial score (nSPS) is 17.6. The molecule has 22 heavy (non-hydrogen) atoms. The molecule has 1 amide bonds. The number of benzene rings is 1. The zero-order chi connectivity index (χ0) is 15.8. The van der Waals surface area contributed by atoms with Crippen LogP contribution in [0.1, 0.15) is 18.4 Å². The third-order valence-corrected chi connectivity index (χ3v) is 4.10. The minimum absolute atomic E-state index is 0.0398. The van der Waals surface area contributed by atoms with Crippen LogP contribution in [0.25, 0.3) is 0 Å². The van der Waals surface area contributed by atoms with Gasteiger partial charge in [0, 0.05) is 18.9 Å². The summed E-state index contributed by atoms with van der Waals surface area (Å²) in [5.74, 6) is 2.73. The van der Waals surface area contributed by atoms with Crippen LogP contribution >= 0.6 is 0 Å². The Bertz CT molecular complexity index is 502. The second-order valence-corrected chi connectivity index (χ2v) is 5.84. The van der Waals surface area contributed by atoms with Gasteiger partial charge in [-0.05, 0) is 31.5 Å². The summed E-state index contributed by atoms with van der Waals surface area (Å²) in [4.78, 5) is 14.3. The smallest absolute Gasteiger partial charge is 0.223 e. The molecule has 2 rings (SSSR count). The van der Waals surface area contributed by atoms with Crippen LogP contribution in [0.3, 0.4) is 0 Å². The lowest BCUT2D eigenvalue weighted by molar-refractivity contribution is -0.126. The number of aliphatic hydroxyl groups excluding tert-OH is 1. The first-order valence-electron chi connectivity index (χ1n) is 7.84. The van der Waals surface area contributed by atoms with Gasteiger partial charge in [0.1, 0.15) is 0 Å². The van der Waals surface area contributed by atoms with E-state index in [0.717, 1.165) is 31.5 Å². The third-order valence-electron chi connectivity index (χ3n) is 4.10. The average molecular weight is 300 g/mol. The number of likely N-dealkylation sites (tertiary alicyclic amines) is 1. The average Bonchev–Trinajstić information content (AvgIpc) is 2.54. The Labute approximate surface area is 132 Å². The first-order chi connectivity index (χ1) is 10.7. The molecule has 1 saturated heterocycles. The van der Waals surface area contributed by atoms with Gasteiger partial charge in [-0.15, -0.1) is 6.42 Å². The highest BCUT2D eigenvalue weighted by Gasteiger charge is 2.24. The first kappa shape index (κ1) is 16.5. The van der Waals surface area contributed by atoms with Gasteiger partial charge in [0.25, 0.3) is 0 Å². The van der Waals surface area contributed by atoms with Crippen molar-refractivity contribution >= 4 is 5.91 Å². The van der Waals surface area contributed by atoms with Gasteiger partial charge in [-0.3, -0.25) is 9.69 Å². The Morgan fingerprint density at radius 1 is 1.36 bits per heavy atom. The first-order valence-corrected chi connectivity index (χ1v) is 7.84. The number of aliphatic hydroxyl groups is 1. The fourth-order valence-corrected chi connectivity index (χ4v) is 2.80. The van der Waals surface area contributed by atoms with E-state index in [1.54, 1.807) is 0 Å². The topological polar surface area (TPSA) is 52.6 Å². The van der Waals surface area contributed by atoms with Crippen LogP contribution in [0.4, 0.5) is 0 Å². The van der Waals surface area contributed by atoms with E-state index < -0.39 is 6.10 Å². The maximum Gasteiger partial charge on any atom is 0.223 e. The van der Waals surface area contributed by atoms with E-state index in [1.807, 2.05) is 30.3 Å². The Morgan fingerprint density at radius 3 is 2.68 bits per heavy atom. The quantitative estimate of drug-likeness (QED) is 0.772. The zero-order valence-electron chi connectivity index (χ0n) is 12.9. The van der Waals surface area contributed by atoms with Gasteiger partial charge in [-0.1, -0.05) is 36.3 Å². The number of nitrogens with zero attached hydrogens (tertiary/aromatic N) is 1. The third kappa shape index (κ3) is 5.18. The molecular weight excluding hydrogens is 276 g/mol. The summed E-state index contributed by atoms with van der Waals surface area (Å²) >= 11 is 0. The number of hydrogen-bond acceptors (Lipinski definition) is 3. The van der Waals surface area contributed by atoms with Crippen LogP contribution in [0.2, 0.25) is 0 Å². The van der Waals surface area contributed by atoms with Crippen LogP contribution in [-0.4, -0.2) is 48.2 Å². The van der Waals surface area contributed by atoms with Crippen LogP contribution in [-0.2, 0) is 11.2 Å². The molecule has 4 nitrogen and oxygen atoms in total. The van der Waals surface area contributed by atoms with Crippen LogP contribution in [0, 0.1) is 18.3 Å². The number of rotatable bonds is 6. The van der Waals surface area contributed by atoms with E-state index in [2.05, 4.69) is 16.1 Å². The van der Waals surface area contributed by atoms with Crippen molar-refractivity contribution in [2.75, 3.05) is 26.2 Å². The van der Waals surface area contributed by atoms with Crippen molar-refractivity contribution in [1.29, 1.82) is 0 Å². The summed E-state index contributed by atoms with van der Waals surface area (Å²) in [6.07, 6.45) is 6.98. The highest BCUT2D eigenvalue weighted by molar-refractivity contribution is 5.78. The van der Waals surface area contributed by atoms with Gasteiger partial charge < -0.3 is 10.4 Å². The lowest BCUT2D eigenvalue weighted by Gasteiger charge is -2.30. The molecule has 1 heterocycles. The number of nitrogens with one attached hydrogen (secondary N) is 1. The molecular formula is C18H24N2O2. The van der Waals surface area contributed by atoms with Gasteiger partial charge in [-0.25, -0.2) is 0 Å². The predicted molar refractivity (Wildman–Crippen MR) is 87.2 cm³/mol. The van der Waals surface area contributed by atoms with Crippen LogP contribution < -0.4 is 5.32 Å². The SMILES string of the molecule is C#CCN1CCC(C(=O)NCC(O)Cc2ccccc2)CC1. The molecule has 0 saturated carbocycles. The molecule has 1 aromatic rings. The minimum Gasteiger partial charge on any atom is -0.391 e. The van der Waals surface area contributed by atoms with Crippen molar-refractivity contribution in [1.82, 2.24) is 10.2 Å². The molecule has 1 fully saturated rings. The Balaban J connectivity index is 1.68. The van der Waals surface area contributed by atoms with E-state index in [-0.39, 0.29) is 11.8 Å². The van der Waals surface area contributed by atoms with E-state index in [4.69, 9.17) is 6.42 Å². The van der Waals surface area contributed by atoms with Crippen LogP contribution in [0.15, 0.2) is 30.3 Å². The highest BCUT2D eigenvalue weighted by atomic mass is 16.3. The molecule has 1 atom stereocenters. The molecule has 2 N–H and O–H groups in total. The minimum atomic E-state index is -0.548. The molecule has 0 bridgehead atoms. The maximum absolute atomic E-state index is 12.1. The van der Waals surface area contributed by atoms with Crippen molar-refractivity contribution in [3.63, 3.8) is 0 Å². The summed E-state index contributed by atoms with van der Waals surface area (Å²) in [6, 6.07) is 9.80. The molecule has 4 heteroatoms. The molecule has 1 aliphatic heterocycles. The van der Waals surface area contributed by atoms with Crippen LogP contribution in [0.5, 0.6) is 0 Å². The fourth-order valence-electron chi connectivity index (χ4n) is 2.80. The predicted octanol–water partition coefficient (Wildman–Crippen LogP) is 1.05. The fraction of sp³-hybridized carbons (Fsp3) is 0.500. The van der Waals surface area contributed by atoms with Crippen molar-refractivity contribution in [2.45, 2.75) is 25.4 Å². The molecule has 0 aliphatic carbocycles. The van der Waals surface area contributed by atoms with E-state index in [9.17, 15) is 9.90 Å². The lowest BCUT2D eigenvalue weighted by atomic mass is 9.96. The van der Waals surface area contributed by atoms with Crippen molar-refractivity contribution in [3.05, 3.63) is 35.9 Å². The van der Waals surface area contributed by atoms with Gasteiger partial charge in [0.2, 0.25) is 5.91 Å². The van der Waals surface area contributed by atoms with E-state index in [0.29, 0.717) is 19.5 Å². The second kappa shape index (κ2) is 8.57. The number of terminal acetylenes is 1. The lowest BCUT2D eigenvalue weighted by Crippen LogP contribution is -2.42. The monoisotopic (exact) mass is 300 g/mol. The number of carbonyl (C=O) groups excluding carboxylic acids is 1. The molecule has 1 unspecified atom stereocenters.